The molecule has 1 aliphatic heterocycles. The Balaban J connectivity index is 1.91. The molecule has 3 heterocycles. The molecule has 1 aliphatic rings. The summed E-state index contributed by atoms with van der Waals surface area (Å²) in [7, 11) is -3.77. The van der Waals surface area contributed by atoms with Crippen molar-refractivity contribution in [2.45, 2.75) is 23.7 Å². The summed E-state index contributed by atoms with van der Waals surface area (Å²) in [4.78, 5) is 10.7. The molecule has 0 unspecified atom stereocenters. The minimum absolute atomic E-state index is 0.0878. The maximum atomic E-state index is 11.7. The molecule has 2 N–H and O–H groups in total. The highest BCUT2D eigenvalue weighted by Gasteiger charge is 2.27. The van der Waals surface area contributed by atoms with Crippen LogP contribution in [0.25, 0.3) is 0 Å². The van der Waals surface area contributed by atoms with Gasteiger partial charge in [0.25, 0.3) is 0 Å². The van der Waals surface area contributed by atoms with Gasteiger partial charge in [0.2, 0.25) is 10.0 Å². The molecule has 3 rings (SSSR count). The van der Waals surface area contributed by atoms with Gasteiger partial charge in [-0.2, -0.15) is 0 Å². The van der Waals surface area contributed by atoms with Gasteiger partial charge in [-0.3, -0.25) is 0 Å². The summed E-state index contributed by atoms with van der Waals surface area (Å²) in [5.74, 6) is 0.760. The topological polar surface area (TPSA) is 89.2 Å². The van der Waals surface area contributed by atoms with E-state index < -0.39 is 10.0 Å². The van der Waals surface area contributed by atoms with Crippen LogP contribution in [0.4, 0.5) is 5.82 Å². The second kappa shape index (κ2) is 5.70. The molecule has 2 aromatic rings. The lowest BCUT2D eigenvalue weighted by atomic mass is 9.99. The number of thiazole rings is 1. The Morgan fingerprint density at radius 2 is 2.19 bits per heavy atom. The number of anilines is 1. The van der Waals surface area contributed by atoms with E-state index in [-0.39, 0.29) is 4.90 Å². The fourth-order valence-corrected chi connectivity index (χ4v) is 4.12. The van der Waals surface area contributed by atoms with Crippen molar-refractivity contribution in [2.24, 2.45) is 5.14 Å². The highest BCUT2D eigenvalue weighted by Crippen LogP contribution is 2.32. The maximum absolute atomic E-state index is 11.7. The van der Waals surface area contributed by atoms with Crippen LogP contribution < -0.4 is 10.0 Å². The molecule has 0 saturated carbocycles. The minimum Gasteiger partial charge on any atom is -0.355 e. The molecule has 21 heavy (non-hydrogen) atoms. The van der Waals surface area contributed by atoms with Crippen LogP contribution in [0.15, 0.2) is 34.8 Å². The number of nitrogens with two attached hydrogens (primary N) is 1. The number of piperidine rings is 1. The zero-order valence-electron chi connectivity index (χ0n) is 11.3. The molecule has 0 bridgehead atoms. The lowest BCUT2D eigenvalue weighted by Crippen LogP contribution is -2.36. The largest absolute Gasteiger partial charge is 0.355 e. The average Bonchev–Trinajstić information content (AvgIpc) is 3.01. The smallest absolute Gasteiger partial charge is 0.241 e. The molecule has 0 aromatic carbocycles. The quantitative estimate of drug-likeness (QED) is 0.925. The SMILES string of the molecule is NS(=O)(=O)c1cccnc1N1CCC[C@H](c2nccs2)C1. The second-order valence-corrected chi connectivity index (χ2v) is 7.48. The zero-order valence-corrected chi connectivity index (χ0v) is 13.0. The van der Waals surface area contributed by atoms with Crippen LogP contribution >= 0.6 is 11.3 Å². The predicted octanol–water partition coefficient (Wildman–Crippen LogP) is 1.57. The van der Waals surface area contributed by atoms with E-state index >= 15 is 0 Å². The number of primary sulfonamides is 1. The van der Waals surface area contributed by atoms with E-state index in [9.17, 15) is 8.42 Å². The van der Waals surface area contributed by atoms with E-state index in [2.05, 4.69) is 9.97 Å². The average molecular weight is 324 g/mol. The lowest BCUT2D eigenvalue weighted by Gasteiger charge is -2.33. The molecule has 2 aromatic heterocycles. The normalized spacial score (nSPS) is 19.7. The van der Waals surface area contributed by atoms with Crippen molar-refractivity contribution in [1.82, 2.24) is 9.97 Å². The highest BCUT2D eigenvalue weighted by molar-refractivity contribution is 7.89. The number of pyridine rings is 1. The van der Waals surface area contributed by atoms with Crippen LogP contribution in [0.1, 0.15) is 23.8 Å². The molecule has 0 radical (unpaired) electrons. The highest BCUT2D eigenvalue weighted by atomic mass is 32.2. The van der Waals surface area contributed by atoms with Gasteiger partial charge < -0.3 is 4.90 Å². The van der Waals surface area contributed by atoms with Gasteiger partial charge in [-0.1, -0.05) is 0 Å². The molecule has 1 fully saturated rings. The van der Waals surface area contributed by atoms with Crippen LogP contribution in [-0.2, 0) is 10.0 Å². The van der Waals surface area contributed by atoms with E-state index in [1.807, 2.05) is 10.3 Å². The summed E-state index contributed by atoms with van der Waals surface area (Å²) in [6.07, 6.45) is 5.43. The summed E-state index contributed by atoms with van der Waals surface area (Å²) in [6, 6.07) is 3.09. The van der Waals surface area contributed by atoms with Gasteiger partial charge >= 0.3 is 0 Å². The number of rotatable bonds is 3. The van der Waals surface area contributed by atoms with Gasteiger partial charge in [0.1, 0.15) is 10.7 Å². The summed E-state index contributed by atoms with van der Waals surface area (Å²) < 4.78 is 23.4. The Labute approximate surface area is 127 Å². The van der Waals surface area contributed by atoms with Crippen molar-refractivity contribution >= 4 is 27.2 Å². The molecule has 1 atom stereocenters. The third kappa shape index (κ3) is 3.07. The predicted molar refractivity (Wildman–Crippen MR) is 81.9 cm³/mol. The number of sulfonamides is 1. The maximum Gasteiger partial charge on any atom is 0.241 e. The molecule has 6 nitrogen and oxygen atoms in total. The molecule has 0 spiro atoms. The van der Waals surface area contributed by atoms with E-state index in [4.69, 9.17) is 5.14 Å². The third-order valence-corrected chi connectivity index (χ3v) is 5.45. The molecule has 0 amide bonds. The van der Waals surface area contributed by atoms with Crippen LogP contribution in [0, 0.1) is 0 Å². The Bertz CT molecular complexity index is 716. The number of hydrogen-bond donors (Lipinski definition) is 1. The molecular formula is C13H16N4O2S2. The fraction of sp³-hybridized carbons (Fsp3) is 0.385. The van der Waals surface area contributed by atoms with Gasteiger partial charge in [0.15, 0.2) is 0 Å². The van der Waals surface area contributed by atoms with Crippen molar-refractivity contribution in [1.29, 1.82) is 0 Å². The molecular weight excluding hydrogens is 308 g/mol. The summed E-state index contributed by atoms with van der Waals surface area (Å²) in [6.45, 7) is 1.49. The first-order chi connectivity index (χ1) is 10.1. The van der Waals surface area contributed by atoms with Crippen molar-refractivity contribution in [3.05, 3.63) is 34.9 Å². The Morgan fingerprint density at radius 1 is 1.33 bits per heavy atom. The summed E-state index contributed by atoms with van der Waals surface area (Å²) in [5.41, 5.74) is 0. The standard InChI is InChI=1S/C13H16N4O2S2/c14-21(18,19)11-4-1-5-15-12(11)17-7-2-3-10(9-17)13-16-6-8-20-13/h1,4-6,8,10H,2-3,7,9H2,(H2,14,18,19)/t10-/m0/s1. The fourth-order valence-electron chi connectivity index (χ4n) is 2.65. The van der Waals surface area contributed by atoms with E-state index in [1.54, 1.807) is 29.8 Å². The minimum atomic E-state index is -3.77. The molecule has 0 aliphatic carbocycles. The van der Waals surface area contributed by atoms with E-state index in [0.29, 0.717) is 18.3 Å². The monoisotopic (exact) mass is 324 g/mol. The molecule has 112 valence electrons. The first kappa shape index (κ1) is 14.4. The number of nitrogens with zero attached hydrogens (tertiary/aromatic N) is 3. The first-order valence-electron chi connectivity index (χ1n) is 6.68. The first-order valence-corrected chi connectivity index (χ1v) is 9.10. The van der Waals surface area contributed by atoms with Gasteiger partial charge in [-0.05, 0) is 25.0 Å². The van der Waals surface area contributed by atoms with Gasteiger partial charge in [-0.25, -0.2) is 23.5 Å². The van der Waals surface area contributed by atoms with Crippen molar-refractivity contribution < 1.29 is 8.42 Å². The van der Waals surface area contributed by atoms with Crippen LogP contribution in [0.5, 0.6) is 0 Å². The Kier molecular flexibility index (Phi) is 3.92. The number of aromatic nitrogens is 2. The Hall–Kier alpha value is -1.51. The van der Waals surface area contributed by atoms with E-state index in [1.165, 1.54) is 6.07 Å². The van der Waals surface area contributed by atoms with Crippen molar-refractivity contribution in [2.75, 3.05) is 18.0 Å². The number of hydrogen-bond acceptors (Lipinski definition) is 6. The lowest BCUT2D eigenvalue weighted by molar-refractivity contribution is 0.502. The van der Waals surface area contributed by atoms with Gasteiger partial charge in [-0.15, -0.1) is 11.3 Å². The van der Waals surface area contributed by atoms with Gasteiger partial charge in [0, 0.05) is 36.8 Å². The summed E-state index contributed by atoms with van der Waals surface area (Å²) in [5, 5.41) is 8.34. The van der Waals surface area contributed by atoms with Crippen LogP contribution in [0.2, 0.25) is 0 Å². The van der Waals surface area contributed by atoms with Crippen molar-refractivity contribution in [3.63, 3.8) is 0 Å². The summed E-state index contributed by atoms with van der Waals surface area (Å²) >= 11 is 1.64. The third-order valence-electron chi connectivity index (χ3n) is 3.58. The molecule has 8 heteroatoms. The Morgan fingerprint density at radius 3 is 2.90 bits per heavy atom. The van der Waals surface area contributed by atoms with Crippen molar-refractivity contribution in [3.8, 4) is 0 Å². The second-order valence-electron chi connectivity index (χ2n) is 5.03. The van der Waals surface area contributed by atoms with Crippen LogP contribution in [-0.4, -0.2) is 31.5 Å². The van der Waals surface area contributed by atoms with Gasteiger partial charge in [0.05, 0.1) is 5.01 Å². The molecule has 1 saturated heterocycles. The van der Waals surface area contributed by atoms with Crippen LogP contribution in [0.3, 0.4) is 0 Å². The zero-order chi connectivity index (χ0) is 14.9. The van der Waals surface area contributed by atoms with E-state index in [0.717, 1.165) is 24.4 Å².